The van der Waals surface area contributed by atoms with Gasteiger partial charge in [0.1, 0.15) is 0 Å². The van der Waals surface area contributed by atoms with Gasteiger partial charge in [-0.15, -0.1) is 11.3 Å². The summed E-state index contributed by atoms with van der Waals surface area (Å²) in [5.74, 6) is 0.702. The highest BCUT2D eigenvalue weighted by molar-refractivity contribution is 7.25. The molecule has 2 heterocycles. The molecule has 0 radical (unpaired) electrons. The molecule has 0 atom stereocenters. The minimum atomic E-state index is -0.463. The summed E-state index contributed by atoms with van der Waals surface area (Å²) in [4.78, 5) is 10.4. The van der Waals surface area contributed by atoms with E-state index >= 15 is 0 Å². The Morgan fingerprint density at radius 3 is 1.65 bits per heavy atom. The Bertz CT molecular complexity index is 3400. The zero-order valence-corrected chi connectivity index (χ0v) is 34.6. The summed E-state index contributed by atoms with van der Waals surface area (Å²) in [6.45, 7) is 0. The van der Waals surface area contributed by atoms with E-state index in [-0.39, 0.29) is 0 Å². The van der Waals surface area contributed by atoms with Gasteiger partial charge in [0.05, 0.1) is 16.8 Å². The summed E-state index contributed by atoms with van der Waals surface area (Å²) in [7, 11) is 0. The van der Waals surface area contributed by atoms with E-state index < -0.39 is 5.41 Å². The lowest BCUT2D eigenvalue weighted by molar-refractivity contribution is 0.768. The molecule has 3 heteroatoms. The smallest absolute Gasteiger partial charge is 0.160 e. The highest BCUT2D eigenvalue weighted by Gasteiger charge is 2.46. The van der Waals surface area contributed by atoms with E-state index in [1.165, 1.54) is 70.2 Å². The normalized spacial score (nSPS) is 12.6. The van der Waals surface area contributed by atoms with Crippen LogP contribution in [-0.2, 0) is 5.41 Å². The molecule has 1 aliphatic rings. The predicted molar refractivity (Wildman–Crippen MR) is 259 cm³/mol. The molecule has 11 aromatic rings. The zero-order valence-electron chi connectivity index (χ0n) is 33.7. The van der Waals surface area contributed by atoms with Crippen molar-refractivity contribution in [3.8, 4) is 67.3 Å². The van der Waals surface area contributed by atoms with Crippen LogP contribution >= 0.6 is 11.3 Å². The molecule has 12 rings (SSSR count). The molecule has 62 heavy (non-hydrogen) atoms. The second kappa shape index (κ2) is 14.8. The molecule has 0 aliphatic heterocycles. The number of benzene rings is 9. The van der Waals surface area contributed by atoms with E-state index in [1.807, 2.05) is 29.5 Å². The van der Waals surface area contributed by atoms with Crippen LogP contribution in [0.1, 0.15) is 22.3 Å². The van der Waals surface area contributed by atoms with Crippen molar-refractivity contribution in [2.75, 3.05) is 0 Å². The van der Waals surface area contributed by atoms with Crippen molar-refractivity contribution in [2.24, 2.45) is 0 Å². The second-order valence-corrected chi connectivity index (χ2v) is 17.1. The van der Waals surface area contributed by atoms with Crippen molar-refractivity contribution in [1.29, 1.82) is 0 Å². The fraction of sp³-hybridized carbons (Fsp3) is 0.0169. The average molecular weight is 807 g/mol. The van der Waals surface area contributed by atoms with Gasteiger partial charge >= 0.3 is 0 Å². The minimum absolute atomic E-state index is 0.463. The minimum Gasteiger partial charge on any atom is -0.228 e. The number of nitrogens with zero attached hydrogens (tertiary/aromatic N) is 2. The first-order valence-electron chi connectivity index (χ1n) is 21.1. The molecule has 0 bridgehead atoms. The molecule has 0 saturated carbocycles. The molecule has 0 spiro atoms. The Balaban J connectivity index is 0.973. The Morgan fingerprint density at radius 1 is 0.323 bits per heavy atom. The number of hydrogen-bond donors (Lipinski definition) is 0. The first-order valence-corrected chi connectivity index (χ1v) is 22.0. The number of aromatic nitrogens is 2. The fourth-order valence-corrected chi connectivity index (χ4v) is 10.9. The van der Waals surface area contributed by atoms with E-state index in [0.717, 1.165) is 33.6 Å². The van der Waals surface area contributed by atoms with Gasteiger partial charge in [0.25, 0.3) is 0 Å². The SMILES string of the molecule is c1ccc(-c2nc(-c3ccc(-c4ccc5c(c4)sc4ccccc45)cc3)cc(-c3cccc(-c4cccc5c4-c4ccccc4C5(c4ccccc4)c4ccccc4)c3)n2)cc1. The molecule has 2 nitrogen and oxygen atoms in total. The maximum absolute atomic E-state index is 5.25. The highest BCUT2D eigenvalue weighted by atomic mass is 32.1. The van der Waals surface area contributed by atoms with Gasteiger partial charge in [0.15, 0.2) is 5.82 Å². The lowest BCUT2D eigenvalue weighted by Crippen LogP contribution is -2.28. The van der Waals surface area contributed by atoms with E-state index in [1.54, 1.807) is 0 Å². The first kappa shape index (κ1) is 36.2. The summed E-state index contributed by atoms with van der Waals surface area (Å²) in [5.41, 5.74) is 16.8. The van der Waals surface area contributed by atoms with E-state index in [9.17, 15) is 0 Å². The van der Waals surface area contributed by atoms with Crippen molar-refractivity contribution in [3.05, 3.63) is 253 Å². The van der Waals surface area contributed by atoms with Crippen molar-refractivity contribution in [1.82, 2.24) is 9.97 Å². The molecule has 0 N–H and O–H groups in total. The topological polar surface area (TPSA) is 25.8 Å². The molecule has 1 aliphatic carbocycles. The Hall–Kier alpha value is -7.72. The van der Waals surface area contributed by atoms with Crippen LogP contribution in [0.5, 0.6) is 0 Å². The van der Waals surface area contributed by atoms with Gasteiger partial charge in [-0.2, -0.15) is 0 Å². The van der Waals surface area contributed by atoms with Crippen molar-refractivity contribution >= 4 is 31.5 Å². The first-order chi connectivity index (χ1) is 30.7. The summed E-state index contributed by atoms with van der Waals surface area (Å²) < 4.78 is 2.62. The van der Waals surface area contributed by atoms with Gasteiger partial charge in [0.2, 0.25) is 0 Å². The highest BCUT2D eigenvalue weighted by Crippen LogP contribution is 2.58. The van der Waals surface area contributed by atoms with Crippen LogP contribution in [-0.4, -0.2) is 9.97 Å². The monoisotopic (exact) mass is 806 g/mol. The van der Waals surface area contributed by atoms with Crippen LogP contribution in [0.2, 0.25) is 0 Å². The molecular weight excluding hydrogens is 769 g/mol. The quantitative estimate of drug-likeness (QED) is 0.160. The molecule has 0 saturated heterocycles. The van der Waals surface area contributed by atoms with Crippen LogP contribution < -0.4 is 0 Å². The number of thiophene rings is 1. The van der Waals surface area contributed by atoms with Crippen molar-refractivity contribution < 1.29 is 0 Å². The Kier molecular flexibility index (Phi) is 8.62. The van der Waals surface area contributed by atoms with Gasteiger partial charge < -0.3 is 0 Å². The zero-order chi connectivity index (χ0) is 41.0. The summed E-state index contributed by atoms with van der Waals surface area (Å²) >= 11 is 1.85. The Morgan fingerprint density at radius 2 is 0.871 bits per heavy atom. The molecule has 290 valence electrons. The van der Waals surface area contributed by atoms with Crippen molar-refractivity contribution in [2.45, 2.75) is 5.41 Å². The van der Waals surface area contributed by atoms with E-state index in [0.29, 0.717) is 5.82 Å². The fourth-order valence-electron chi connectivity index (χ4n) is 9.78. The molecule has 0 unspecified atom stereocenters. The van der Waals surface area contributed by atoms with E-state index in [4.69, 9.17) is 9.97 Å². The van der Waals surface area contributed by atoms with Gasteiger partial charge in [0, 0.05) is 36.9 Å². The van der Waals surface area contributed by atoms with Crippen LogP contribution in [0.25, 0.3) is 87.5 Å². The molecule has 0 amide bonds. The summed E-state index contributed by atoms with van der Waals surface area (Å²) in [6, 6.07) is 83.4. The maximum Gasteiger partial charge on any atom is 0.160 e. The van der Waals surface area contributed by atoms with Gasteiger partial charge in [-0.25, -0.2) is 9.97 Å². The average Bonchev–Trinajstić information content (AvgIpc) is 3.88. The summed E-state index contributed by atoms with van der Waals surface area (Å²) in [6.07, 6.45) is 0. The molecule has 2 aromatic heterocycles. The number of fused-ring (bicyclic) bond motifs is 6. The van der Waals surface area contributed by atoms with Crippen LogP contribution in [0.15, 0.2) is 231 Å². The lowest BCUT2D eigenvalue weighted by Gasteiger charge is -2.34. The Labute approximate surface area is 365 Å². The summed E-state index contributed by atoms with van der Waals surface area (Å²) in [5, 5.41) is 2.63. The molecular formula is C59H38N2S. The second-order valence-electron chi connectivity index (χ2n) is 16.1. The number of rotatable bonds is 7. The molecule has 0 fully saturated rings. The van der Waals surface area contributed by atoms with E-state index in [2.05, 4.69) is 212 Å². The third kappa shape index (κ3) is 5.85. The van der Waals surface area contributed by atoms with Crippen molar-refractivity contribution in [3.63, 3.8) is 0 Å². The largest absolute Gasteiger partial charge is 0.228 e. The van der Waals surface area contributed by atoms with Gasteiger partial charge in [-0.1, -0.05) is 206 Å². The van der Waals surface area contributed by atoms with Crippen LogP contribution in [0, 0.1) is 0 Å². The van der Waals surface area contributed by atoms with Gasteiger partial charge in [-0.3, -0.25) is 0 Å². The third-order valence-electron chi connectivity index (χ3n) is 12.6. The molecule has 9 aromatic carbocycles. The lowest BCUT2D eigenvalue weighted by atomic mass is 9.67. The standard InChI is InChI=1S/C59H38N2S/c1-4-16-41(17-5-1)58-60-53(40-32-30-39(31-33-40)42-34-35-49-48-24-11-13-29-55(48)62-56(49)37-42)38-54(61-58)44-19-14-18-43(36-44)47-26-15-28-52-57(47)50-25-10-12-27-51(50)59(52,45-20-6-2-7-21-45)46-22-8-3-9-23-46/h1-38H. The van der Waals surface area contributed by atoms with Crippen LogP contribution in [0.4, 0.5) is 0 Å². The van der Waals surface area contributed by atoms with Crippen LogP contribution in [0.3, 0.4) is 0 Å². The predicted octanol–water partition coefficient (Wildman–Crippen LogP) is 15.5. The maximum atomic E-state index is 5.25. The third-order valence-corrected chi connectivity index (χ3v) is 13.7. The van der Waals surface area contributed by atoms with Gasteiger partial charge in [-0.05, 0) is 79.9 Å². The number of hydrogen-bond acceptors (Lipinski definition) is 3.